The van der Waals surface area contributed by atoms with Crippen LogP contribution in [0.4, 0.5) is 0 Å². The minimum Gasteiger partial charge on any atom is -0.337 e. The maximum absolute atomic E-state index is 4.18. The highest BCUT2D eigenvalue weighted by Gasteiger charge is 2.37. The summed E-state index contributed by atoms with van der Waals surface area (Å²) in [5, 5.41) is 0. The van der Waals surface area contributed by atoms with Gasteiger partial charge in [0.05, 0.1) is 6.33 Å². The molecule has 162 valence electrons. The molecule has 1 aromatic heterocycles. The van der Waals surface area contributed by atoms with Crippen LogP contribution in [0.2, 0.25) is 0 Å². The molecule has 0 spiro atoms. The lowest BCUT2D eigenvalue weighted by molar-refractivity contribution is 0.331. The molecular weight excluding hydrogens is 376 g/mol. The van der Waals surface area contributed by atoms with Crippen LogP contribution in [0.15, 0.2) is 55.1 Å². The number of aromatic nitrogens is 2. The van der Waals surface area contributed by atoms with E-state index in [2.05, 4.69) is 98.9 Å². The average molecular weight is 413 g/mol. The van der Waals surface area contributed by atoms with Crippen LogP contribution >= 0.6 is 0 Å². The molecule has 0 radical (unpaired) electrons. The standard InChI is InChI=1S/C29H36N2/c1-22-8-10-23(11-9-22)12-13-25-20-27-26(28(2,3)14-15-29(27,4)5)19-24(25)7-6-17-31-18-16-30-21-31/h8-13,16,18-21H,6-7,14-15,17H2,1-5H3/b13-12+. The molecule has 0 fully saturated rings. The van der Waals surface area contributed by atoms with Crippen LogP contribution in [0, 0.1) is 6.92 Å². The van der Waals surface area contributed by atoms with Crippen molar-refractivity contribution in [2.45, 2.75) is 77.7 Å². The van der Waals surface area contributed by atoms with Crippen molar-refractivity contribution in [1.29, 1.82) is 0 Å². The van der Waals surface area contributed by atoms with Crippen LogP contribution in [0.1, 0.15) is 80.3 Å². The molecule has 31 heavy (non-hydrogen) atoms. The van der Waals surface area contributed by atoms with Crippen LogP contribution in [-0.4, -0.2) is 9.55 Å². The predicted octanol–water partition coefficient (Wildman–Crippen LogP) is 7.34. The van der Waals surface area contributed by atoms with Crippen LogP contribution in [0.3, 0.4) is 0 Å². The van der Waals surface area contributed by atoms with Gasteiger partial charge in [0.1, 0.15) is 0 Å². The molecule has 2 aromatic carbocycles. The van der Waals surface area contributed by atoms with Gasteiger partial charge in [0.25, 0.3) is 0 Å². The molecule has 2 heteroatoms. The van der Waals surface area contributed by atoms with Crippen LogP contribution in [0.25, 0.3) is 12.2 Å². The molecule has 0 unspecified atom stereocenters. The molecule has 0 aliphatic heterocycles. The molecule has 3 aromatic rings. The van der Waals surface area contributed by atoms with E-state index in [1.807, 2.05) is 12.5 Å². The fourth-order valence-electron chi connectivity index (χ4n) is 4.78. The summed E-state index contributed by atoms with van der Waals surface area (Å²) in [6.45, 7) is 12.8. The SMILES string of the molecule is Cc1ccc(/C=C/c2cc3c(cc2CCCn2ccnc2)C(C)(C)CCC3(C)C)cc1. The van der Waals surface area contributed by atoms with Crippen molar-refractivity contribution in [3.63, 3.8) is 0 Å². The summed E-state index contributed by atoms with van der Waals surface area (Å²) in [5.74, 6) is 0. The van der Waals surface area contributed by atoms with E-state index in [1.54, 1.807) is 5.56 Å². The Kier molecular flexibility index (Phi) is 5.92. The summed E-state index contributed by atoms with van der Waals surface area (Å²) in [7, 11) is 0. The first kappa shape index (κ1) is 21.6. The van der Waals surface area contributed by atoms with Gasteiger partial charge in [-0.1, -0.05) is 81.8 Å². The number of nitrogens with zero attached hydrogens (tertiary/aromatic N) is 2. The van der Waals surface area contributed by atoms with Crippen molar-refractivity contribution in [2.75, 3.05) is 0 Å². The van der Waals surface area contributed by atoms with E-state index >= 15 is 0 Å². The molecule has 2 nitrogen and oxygen atoms in total. The molecule has 0 atom stereocenters. The molecule has 1 heterocycles. The fraction of sp³-hybridized carbons (Fsp3) is 0.414. The van der Waals surface area contributed by atoms with Crippen molar-refractivity contribution in [3.05, 3.63) is 88.5 Å². The Hall–Kier alpha value is -2.61. The van der Waals surface area contributed by atoms with Crippen molar-refractivity contribution in [1.82, 2.24) is 9.55 Å². The Balaban J connectivity index is 1.70. The Labute approximate surface area is 188 Å². The van der Waals surface area contributed by atoms with Crippen molar-refractivity contribution in [2.24, 2.45) is 0 Å². The van der Waals surface area contributed by atoms with Gasteiger partial charge in [-0.25, -0.2) is 4.98 Å². The number of hydrogen-bond donors (Lipinski definition) is 0. The van der Waals surface area contributed by atoms with Gasteiger partial charge in [-0.2, -0.15) is 0 Å². The minimum absolute atomic E-state index is 0.229. The van der Waals surface area contributed by atoms with E-state index in [0.717, 1.165) is 19.4 Å². The maximum Gasteiger partial charge on any atom is 0.0945 e. The highest BCUT2D eigenvalue weighted by atomic mass is 15.0. The van der Waals surface area contributed by atoms with Gasteiger partial charge in [0.15, 0.2) is 0 Å². The summed E-state index contributed by atoms with van der Waals surface area (Å²) in [6, 6.07) is 13.8. The molecule has 0 bridgehead atoms. The minimum atomic E-state index is 0.229. The van der Waals surface area contributed by atoms with Crippen LogP contribution in [0.5, 0.6) is 0 Å². The summed E-state index contributed by atoms with van der Waals surface area (Å²) < 4.78 is 2.17. The average Bonchev–Trinajstić information content (AvgIpc) is 3.25. The first-order valence-electron chi connectivity index (χ1n) is 11.6. The Morgan fingerprint density at radius 1 is 0.935 bits per heavy atom. The van der Waals surface area contributed by atoms with Crippen LogP contribution < -0.4 is 0 Å². The lowest BCUT2D eigenvalue weighted by Gasteiger charge is -2.42. The normalized spacial score (nSPS) is 17.1. The third kappa shape index (κ3) is 4.84. The van der Waals surface area contributed by atoms with Gasteiger partial charge in [0.2, 0.25) is 0 Å². The molecule has 0 amide bonds. The van der Waals surface area contributed by atoms with E-state index in [1.165, 1.54) is 40.7 Å². The first-order chi connectivity index (χ1) is 14.7. The summed E-state index contributed by atoms with van der Waals surface area (Å²) in [6.07, 6.45) is 15.1. The summed E-state index contributed by atoms with van der Waals surface area (Å²) in [5.41, 5.74) is 8.95. The number of aryl methyl sites for hydroxylation is 3. The Morgan fingerprint density at radius 2 is 1.61 bits per heavy atom. The van der Waals surface area contributed by atoms with E-state index in [0.29, 0.717) is 0 Å². The smallest absolute Gasteiger partial charge is 0.0945 e. The zero-order chi connectivity index (χ0) is 22.1. The van der Waals surface area contributed by atoms with Gasteiger partial charge in [-0.3, -0.25) is 0 Å². The number of benzene rings is 2. The predicted molar refractivity (Wildman–Crippen MR) is 132 cm³/mol. The largest absolute Gasteiger partial charge is 0.337 e. The fourth-order valence-corrected chi connectivity index (χ4v) is 4.78. The van der Waals surface area contributed by atoms with E-state index in [9.17, 15) is 0 Å². The second kappa shape index (κ2) is 8.49. The number of hydrogen-bond acceptors (Lipinski definition) is 1. The highest BCUT2D eigenvalue weighted by Crippen LogP contribution is 2.46. The first-order valence-corrected chi connectivity index (χ1v) is 11.6. The zero-order valence-electron chi connectivity index (χ0n) is 19.8. The Bertz CT molecular complexity index is 1050. The molecule has 1 aliphatic rings. The zero-order valence-corrected chi connectivity index (χ0v) is 19.8. The third-order valence-electron chi connectivity index (χ3n) is 7.07. The van der Waals surface area contributed by atoms with Gasteiger partial charge < -0.3 is 4.57 Å². The monoisotopic (exact) mass is 412 g/mol. The van der Waals surface area contributed by atoms with Crippen LogP contribution in [-0.2, 0) is 23.8 Å². The van der Waals surface area contributed by atoms with E-state index in [-0.39, 0.29) is 10.8 Å². The molecular formula is C29H36N2. The molecule has 1 aliphatic carbocycles. The number of rotatable bonds is 6. The van der Waals surface area contributed by atoms with Gasteiger partial charge in [-0.05, 0) is 71.3 Å². The topological polar surface area (TPSA) is 17.8 Å². The van der Waals surface area contributed by atoms with Crippen molar-refractivity contribution >= 4 is 12.2 Å². The third-order valence-corrected chi connectivity index (χ3v) is 7.07. The van der Waals surface area contributed by atoms with Gasteiger partial charge in [0, 0.05) is 18.9 Å². The summed E-state index contributed by atoms with van der Waals surface area (Å²) in [4.78, 5) is 4.18. The second-order valence-electron chi connectivity index (χ2n) is 10.5. The molecule has 4 rings (SSSR count). The highest BCUT2D eigenvalue weighted by molar-refractivity contribution is 5.72. The number of fused-ring (bicyclic) bond motifs is 1. The molecule has 0 N–H and O–H groups in total. The lowest BCUT2D eigenvalue weighted by Crippen LogP contribution is -2.34. The van der Waals surface area contributed by atoms with Crippen molar-refractivity contribution in [3.8, 4) is 0 Å². The summed E-state index contributed by atoms with van der Waals surface area (Å²) >= 11 is 0. The Morgan fingerprint density at radius 3 is 2.26 bits per heavy atom. The maximum atomic E-state index is 4.18. The van der Waals surface area contributed by atoms with E-state index < -0.39 is 0 Å². The molecule has 0 saturated heterocycles. The van der Waals surface area contributed by atoms with Gasteiger partial charge in [-0.15, -0.1) is 0 Å². The number of imidazole rings is 1. The van der Waals surface area contributed by atoms with Gasteiger partial charge >= 0.3 is 0 Å². The van der Waals surface area contributed by atoms with Crippen molar-refractivity contribution < 1.29 is 0 Å². The van der Waals surface area contributed by atoms with E-state index in [4.69, 9.17) is 0 Å². The second-order valence-corrected chi connectivity index (χ2v) is 10.5. The lowest BCUT2D eigenvalue weighted by atomic mass is 9.62. The molecule has 0 saturated carbocycles. The quantitative estimate of drug-likeness (QED) is 0.387.